The number of benzene rings is 2. The van der Waals surface area contributed by atoms with Gasteiger partial charge in [-0.15, -0.1) is 0 Å². The van der Waals surface area contributed by atoms with Gasteiger partial charge in [-0.05, 0) is 57.0 Å². The van der Waals surface area contributed by atoms with E-state index in [1.165, 1.54) is 47.4 Å². The first-order valence-corrected chi connectivity index (χ1v) is 13.5. The Morgan fingerprint density at radius 3 is 2.20 bits per heavy atom. The molecular weight excluding hydrogens is 516 g/mol. The van der Waals surface area contributed by atoms with E-state index >= 15 is 0 Å². The van der Waals surface area contributed by atoms with E-state index in [1.54, 1.807) is 6.92 Å². The number of sulfonamides is 1. The molecule has 2 aromatic rings. The number of halogens is 3. The number of amides is 2. The van der Waals surface area contributed by atoms with Gasteiger partial charge in [0.05, 0.1) is 22.0 Å². The molecule has 11 heteroatoms. The zero-order valence-electron chi connectivity index (χ0n) is 20.3. The smallest absolute Gasteiger partial charge is 0.244 e. The van der Waals surface area contributed by atoms with E-state index in [9.17, 15) is 22.4 Å². The average molecular weight is 546 g/mol. The van der Waals surface area contributed by atoms with Gasteiger partial charge >= 0.3 is 0 Å². The second-order valence-corrected chi connectivity index (χ2v) is 11.8. The molecule has 192 valence electrons. The van der Waals surface area contributed by atoms with Crippen LogP contribution in [0.1, 0.15) is 39.7 Å². The first kappa shape index (κ1) is 28.9. The van der Waals surface area contributed by atoms with Crippen molar-refractivity contribution in [3.8, 4) is 0 Å². The third-order valence-electron chi connectivity index (χ3n) is 5.03. The van der Waals surface area contributed by atoms with Crippen LogP contribution in [0.3, 0.4) is 0 Å². The minimum atomic E-state index is -3.95. The molecule has 1 atom stereocenters. The van der Waals surface area contributed by atoms with Gasteiger partial charge in [-0.3, -0.25) is 13.9 Å². The van der Waals surface area contributed by atoms with Gasteiger partial charge in [0.15, 0.2) is 0 Å². The topological polar surface area (TPSA) is 86.8 Å². The average Bonchev–Trinajstić information content (AvgIpc) is 2.73. The number of carbonyl (C=O) groups is 2. The van der Waals surface area contributed by atoms with Gasteiger partial charge in [-0.25, -0.2) is 12.8 Å². The number of anilines is 1. The third-order valence-corrected chi connectivity index (χ3v) is 6.96. The van der Waals surface area contributed by atoms with E-state index in [0.717, 1.165) is 10.6 Å². The Hall–Kier alpha value is -2.36. The Balaban J connectivity index is 2.49. The first-order valence-electron chi connectivity index (χ1n) is 10.9. The van der Waals surface area contributed by atoms with Crippen LogP contribution >= 0.6 is 23.2 Å². The van der Waals surface area contributed by atoms with Gasteiger partial charge in [0.2, 0.25) is 21.8 Å². The van der Waals surface area contributed by atoms with Crippen LogP contribution in [-0.4, -0.2) is 49.5 Å². The molecule has 0 aromatic heterocycles. The van der Waals surface area contributed by atoms with Crippen LogP contribution in [0.25, 0.3) is 0 Å². The number of hydrogen-bond donors (Lipinski definition) is 1. The van der Waals surface area contributed by atoms with Gasteiger partial charge in [-0.1, -0.05) is 48.3 Å². The molecule has 0 saturated heterocycles. The van der Waals surface area contributed by atoms with Crippen molar-refractivity contribution in [1.29, 1.82) is 0 Å². The highest BCUT2D eigenvalue weighted by Gasteiger charge is 2.33. The molecule has 0 aliphatic heterocycles. The summed E-state index contributed by atoms with van der Waals surface area (Å²) < 4.78 is 39.6. The molecule has 0 unspecified atom stereocenters. The van der Waals surface area contributed by atoms with Crippen molar-refractivity contribution >= 4 is 50.7 Å². The molecule has 1 N–H and O–H groups in total. The minimum Gasteiger partial charge on any atom is -0.350 e. The molecule has 0 radical (unpaired) electrons. The van der Waals surface area contributed by atoms with Crippen LogP contribution in [0.4, 0.5) is 10.1 Å². The molecule has 0 spiro atoms. The van der Waals surface area contributed by atoms with E-state index in [2.05, 4.69) is 5.32 Å². The van der Waals surface area contributed by atoms with Crippen LogP contribution < -0.4 is 9.62 Å². The minimum absolute atomic E-state index is 0.0185. The molecule has 0 heterocycles. The highest BCUT2D eigenvalue weighted by molar-refractivity contribution is 7.92. The molecule has 2 amide bonds. The Labute approximate surface area is 216 Å². The molecule has 0 aliphatic carbocycles. The van der Waals surface area contributed by atoms with E-state index in [0.29, 0.717) is 5.56 Å². The van der Waals surface area contributed by atoms with Crippen LogP contribution in [0.2, 0.25) is 10.0 Å². The highest BCUT2D eigenvalue weighted by Crippen LogP contribution is 2.33. The van der Waals surface area contributed by atoms with Gasteiger partial charge in [0, 0.05) is 12.1 Å². The number of hydrogen-bond acceptors (Lipinski definition) is 4. The van der Waals surface area contributed by atoms with Crippen molar-refractivity contribution in [3.63, 3.8) is 0 Å². The normalized spacial score (nSPS) is 12.7. The lowest BCUT2D eigenvalue weighted by Crippen LogP contribution is -2.55. The predicted octanol–water partition coefficient (Wildman–Crippen LogP) is 4.62. The summed E-state index contributed by atoms with van der Waals surface area (Å²) in [5.74, 6) is -1.46. The van der Waals surface area contributed by atoms with Gasteiger partial charge < -0.3 is 10.2 Å². The van der Waals surface area contributed by atoms with Crippen LogP contribution in [0.5, 0.6) is 0 Å². The van der Waals surface area contributed by atoms with Gasteiger partial charge in [0.1, 0.15) is 18.4 Å². The largest absolute Gasteiger partial charge is 0.350 e. The molecule has 7 nitrogen and oxygen atoms in total. The zero-order valence-corrected chi connectivity index (χ0v) is 22.6. The summed E-state index contributed by atoms with van der Waals surface area (Å²) in [6, 6.07) is 9.08. The maximum absolute atomic E-state index is 13.6. The van der Waals surface area contributed by atoms with E-state index in [1.807, 2.05) is 20.8 Å². The Morgan fingerprint density at radius 1 is 1.09 bits per heavy atom. The molecule has 2 aromatic carbocycles. The fraction of sp³-hybridized carbons (Fsp3) is 0.417. The van der Waals surface area contributed by atoms with Crippen molar-refractivity contribution in [2.75, 3.05) is 17.1 Å². The van der Waals surface area contributed by atoms with Crippen molar-refractivity contribution in [2.45, 2.75) is 52.2 Å². The molecular formula is C24H30Cl2FN3O4S. The van der Waals surface area contributed by atoms with Crippen molar-refractivity contribution < 1.29 is 22.4 Å². The lowest BCUT2D eigenvalue weighted by molar-refractivity contribution is -0.141. The van der Waals surface area contributed by atoms with E-state index in [4.69, 9.17) is 23.2 Å². The molecule has 0 fully saturated rings. The monoisotopic (exact) mass is 545 g/mol. The maximum atomic E-state index is 13.6. The standard InChI is InChI=1S/C24H30Cl2FN3O4S/c1-6-19(23(32)28-24(2,3)4)29(14-16-10-12-17(27)13-11-16)21(31)15-30(35(5,33)34)20-9-7-8-18(25)22(20)26/h7-13,19H,6,14-15H2,1-5H3,(H,28,32)/t19-/m1/s1. The lowest BCUT2D eigenvalue weighted by atomic mass is 10.1. The summed E-state index contributed by atoms with van der Waals surface area (Å²) in [7, 11) is -3.95. The van der Waals surface area contributed by atoms with E-state index < -0.39 is 39.9 Å². The highest BCUT2D eigenvalue weighted by atomic mass is 35.5. The lowest BCUT2D eigenvalue weighted by Gasteiger charge is -2.34. The quantitative estimate of drug-likeness (QED) is 0.498. The summed E-state index contributed by atoms with van der Waals surface area (Å²) in [6.07, 6.45) is 1.22. The molecule has 0 saturated carbocycles. The fourth-order valence-corrected chi connectivity index (χ4v) is 4.74. The summed E-state index contributed by atoms with van der Waals surface area (Å²) in [5.41, 5.74) is 0.0692. The number of nitrogens with zero attached hydrogens (tertiary/aromatic N) is 2. The van der Waals surface area contributed by atoms with Crippen LogP contribution in [-0.2, 0) is 26.2 Å². The van der Waals surface area contributed by atoms with Crippen molar-refractivity contribution in [3.05, 3.63) is 63.9 Å². The molecule has 2 rings (SSSR count). The second kappa shape index (κ2) is 11.6. The van der Waals surface area contributed by atoms with Crippen molar-refractivity contribution in [1.82, 2.24) is 10.2 Å². The Morgan fingerprint density at radius 2 is 1.69 bits per heavy atom. The number of nitrogens with one attached hydrogen (secondary N) is 1. The summed E-state index contributed by atoms with van der Waals surface area (Å²) >= 11 is 12.3. The summed E-state index contributed by atoms with van der Waals surface area (Å²) in [4.78, 5) is 28.0. The molecule has 0 bridgehead atoms. The predicted molar refractivity (Wildman–Crippen MR) is 138 cm³/mol. The number of rotatable bonds is 9. The Kier molecular flexibility index (Phi) is 9.56. The Bertz CT molecular complexity index is 1170. The second-order valence-electron chi connectivity index (χ2n) is 9.15. The molecule has 35 heavy (non-hydrogen) atoms. The fourth-order valence-electron chi connectivity index (χ4n) is 3.44. The molecule has 0 aliphatic rings. The maximum Gasteiger partial charge on any atom is 0.244 e. The third kappa shape index (κ3) is 8.08. The number of carbonyl (C=O) groups excluding carboxylic acids is 2. The van der Waals surface area contributed by atoms with Gasteiger partial charge in [-0.2, -0.15) is 0 Å². The summed E-state index contributed by atoms with van der Waals surface area (Å²) in [6.45, 7) is 6.55. The first-order chi connectivity index (χ1) is 16.1. The summed E-state index contributed by atoms with van der Waals surface area (Å²) in [5, 5.41) is 2.98. The van der Waals surface area contributed by atoms with Crippen molar-refractivity contribution in [2.24, 2.45) is 0 Å². The SMILES string of the molecule is CC[C@H](C(=O)NC(C)(C)C)N(Cc1ccc(F)cc1)C(=O)CN(c1cccc(Cl)c1Cl)S(C)(=O)=O. The zero-order chi connectivity index (χ0) is 26.6. The van der Waals surface area contributed by atoms with Crippen LogP contribution in [0, 0.1) is 5.82 Å². The van der Waals surface area contributed by atoms with Gasteiger partial charge in [0.25, 0.3) is 0 Å². The van der Waals surface area contributed by atoms with Crippen LogP contribution in [0.15, 0.2) is 42.5 Å². The van der Waals surface area contributed by atoms with E-state index in [-0.39, 0.29) is 34.6 Å².